The molecule has 92 valence electrons. The van der Waals surface area contributed by atoms with E-state index in [4.69, 9.17) is 4.42 Å². The first-order valence-corrected chi connectivity index (χ1v) is 7.26. The SMILES string of the molecule is O=S(=O)(NC1CC=CC1)c1cnc(C2CC2)o1. The van der Waals surface area contributed by atoms with Crippen LogP contribution >= 0.6 is 0 Å². The molecule has 1 heterocycles. The fraction of sp³-hybridized carbons (Fsp3) is 0.545. The van der Waals surface area contributed by atoms with Crippen molar-refractivity contribution >= 4 is 10.0 Å². The second kappa shape index (κ2) is 3.96. The summed E-state index contributed by atoms with van der Waals surface area (Å²) in [5, 5.41) is -0.0636. The number of sulfonamides is 1. The lowest BCUT2D eigenvalue weighted by Crippen LogP contribution is -2.32. The molecule has 1 aromatic rings. The van der Waals surface area contributed by atoms with Gasteiger partial charge < -0.3 is 4.42 Å². The Hall–Kier alpha value is -1.14. The van der Waals surface area contributed by atoms with Crippen LogP contribution in [0, 0.1) is 0 Å². The Kier molecular flexibility index (Phi) is 2.56. The number of rotatable bonds is 4. The minimum absolute atomic E-state index is 0.0468. The predicted octanol–water partition coefficient (Wildman–Crippen LogP) is 1.55. The van der Waals surface area contributed by atoms with E-state index in [-0.39, 0.29) is 11.1 Å². The van der Waals surface area contributed by atoms with Crippen molar-refractivity contribution in [1.82, 2.24) is 9.71 Å². The predicted molar refractivity (Wildman–Crippen MR) is 61.0 cm³/mol. The fourth-order valence-corrected chi connectivity index (χ4v) is 3.04. The van der Waals surface area contributed by atoms with Crippen molar-refractivity contribution in [3.8, 4) is 0 Å². The first kappa shape index (κ1) is 11.0. The number of hydrogen-bond acceptors (Lipinski definition) is 4. The van der Waals surface area contributed by atoms with Crippen LogP contribution in [-0.2, 0) is 10.0 Å². The van der Waals surface area contributed by atoms with E-state index >= 15 is 0 Å². The molecule has 1 fully saturated rings. The lowest BCUT2D eigenvalue weighted by atomic mass is 10.3. The third-order valence-electron chi connectivity index (χ3n) is 3.02. The molecule has 3 rings (SSSR count). The molecule has 0 aliphatic heterocycles. The maximum Gasteiger partial charge on any atom is 0.275 e. The highest BCUT2D eigenvalue weighted by atomic mass is 32.2. The lowest BCUT2D eigenvalue weighted by molar-refractivity contribution is 0.403. The smallest absolute Gasteiger partial charge is 0.275 e. The van der Waals surface area contributed by atoms with Gasteiger partial charge in [-0.25, -0.2) is 18.1 Å². The van der Waals surface area contributed by atoms with Crippen molar-refractivity contribution in [2.75, 3.05) is 0 Å². The zero-order chi connectivity index (χ0) is 11.9. The summed E-state index contributed by atoms with van der Waals surface area (Å²) < 4.78 is 31.9. The van der Waals surface area contributed by atoms with Gasteiger partial charge in [0.1, 0.15) is 0 Å². The maximum atomic E-state index is 12.0. The van der Waals surface area contributed by atoms with Crippen LogP contribution in [0.1, 0.15) is 37.5 Å². The van der Waals surface area contributed by atoms with E-state index in [1.54, 1.807) is 0 Å². The molecule has 1 aromatic heterocycles. The van der Waals surface area contributed by atoms with Gasteiger partial charge in [-0.1, -0.05) is 12.2 Å². The van der Waals surface area contributed by atoms with Gasteiger partial charge in [-0.3, -0.25) is 0 Å². The summed E-state index contributed by atoms with van der Waals surface area (Å²) >= 11 is 0. The highest BCUT2D eigenvalue weighted by molar-refractivity contribution is 7.89. The number of hydrogen-bond donors (Lipinski definition) is 1. The van der Waals surface area contributed by atoms with Crippen LogP contribution in [-0.4, -0.2) is 19.4 Å². The average Bonchev–Trinajstić information content (AvgIpc) is 2.80. The van der Waals surface area contributed by atoms with Gasteiger partial charge in [-0.15, -0.1) is 0 Å². The molecular weight excluding hydrogens is 240 g/mol. The van der Waals surface area contributed by atoms with Gasteiger partial charge in [0.25, 0.3) is 15.1 Å². The first-order valence-electron chi connectivity index (χ1n) is 5.78. The number of aromatic nitrogens is 1. The van der Waals surface area contributed by atoms with E-state index in [1.165, 1.54) is 6.20 Å². The molecule has 1 saturated carbocycles. The Morgan fingerprint density at radius 2 is 2.00 bits per heavy atom. The summed E-state index contributed by atoms with van der Waals surface area (Å²) in [6.07, 6.45) is 8.82. The van der Waals surface area contributed by atoms with Crippen molar-refractivity contribution in [3.63, 3.8) is 0 Å². The molecule has 0 aromatic carbocycles. The monoisotopic (exact) mass is 254 g/mol. The fourth-order valence-electron chi connectivity index (χ4n) is 1.91. The third-order valence-corrected chi connectivity index (χ3v) is 4.39. The van der Waals surface area contributed by atoms with Gasteiger partial charge in [0, 0.05) is 12.0 Å². The molecule has 0 unspecified atom stereocenters. The molecule has 5 nitrogen and oxygen atoms in total. The Morgan fingerprint density at radius 1 is 1.29 bits per heavy atom. The zero-order valence-electron chi connectivity index (χ0n) is 9.30. The van der Waals surface area contributed by atoms with Crippen LogP contribution in [0.4, 0.5) is 0 Å². The minimum Gasteiger partial charge on any atom is -0.428 e. The first-order chi connectivity index (χ1) is 8.15. The number of nitrogens with one attached hydrogen (secondary N) is 1. The Balaban J connectivity index is 1.75. The van der Waals surface area contributed by atoms with Gasteiger partial charge in [0.2, 0.25) is 0 Å². The van der Waals surface area contributed by atoms with E-state index in [1.807, 2.05) is 12.2 Å². The van der Waals surface area contributed by atoms with Crippen molar-refractivity contribution in [2.45, 2.75) is 42.7 Å². The molecule has 0 bridgehead atoms. The van der Waals surface area contributed by atoms with Crippen molar-refractivity contribution in [1.29, 1.82) is 0 Å². The van der Waals surface area contributed by atoms with Gasteiger partial charge in [-0.05, 0) is 25.7 Å². The summed E-state index contributed by atoms with van der Waals surface area (Å²) in [7, 11) is -3.55. The van der Waals surface area contributed by atoms with Crippen LogP contribution in [0.5, 0.6) is 0 Å². The largest absolute Gasteiger partial charge is 0.428 e. The third kappa shape index (κ3) is 2.28. The average molecular weight is 254 g/mol. The quantitative estimate of drug-likeness (QED) is 0.827. The van der Waals surface area contributed by atoms with Crippen LogP contribution in [0.2, 0.25) is 0 Å². The van der Waals surface area contributed by atoms with Crippen molar-refractivity contribution in [3.05, 3.63) is 24.2 Å². The molecule has 1 N–H and O–H groups in total. The number of nitrogens with zero attached hydrogens (tertiary/aromatic N) is 1. The van der Waals surface area contributed by atoms with Gasteiger partial charge >= 0.3 is 0 Å². The van der Waals surface area contributed by atoms with Crippen LogP contribution < -0.4 is 4.72 Å². The molecule has 2 aliphatic carbocycles. The molecule has 0 saturated heterocycles. The number of oxazole rings is 1. The van der Waals surface area contributed by atoms with E-state index < -0.39 is 10.0 Å². The van der Waals surface area contributed by atoms with Crippen LogP contribution in [0.15, 0.2) is 27.9 Å². The van der Waals surface area contributed by atoms with E-state index in [0.29, 0.717) is 11.8 Å². The zero-order valence-corrected chi connectivity index (χ0v) is 10.1. The van der Waals surface area contributed by atoms with E-state index in [0.717, 1.165) is 25.7 Å². The second-order valence-corrected chi connectivity index (χ2v) is 6.20. The molecule has 0 radical (unpaired) electrons. The van der Waals surface area contributed by atoms with Gasteiger partial charge in [0.05, 0.1) is 6.20 Å². The normalized spacial score (nSPS) is 21.2. The summed E-state index contributed by atoms with van der Waals surface area (Å²) in [6, 6.07) is -0.0468. The van der Waals surface area contributed by atoms with Crippen LogP contribution in [0.25, 0.3) is 0 Å². The maximum absolute atomic E-state index is 12.0. The Bertz CT molecular complexity index is 535. The van der Waals surface area contributed by atoms with Crippen LogP contribution in [0.3, 0.4) is 0 Å². The summed E-state index contributed by atoms with van der Waals surface area (Å²) in [5.41, 5.74) is 0. The van der Waals surface area contributed by atoms with Gasteiger partial charge in [0.15, 0.2) is 5.89 Å². The van der Waals surface area contributed by atoms with Gasteiger partial charge in [-0.2, -0.15) is 0 Å². The van der Waals surface area contributed by atoms with Crippen molar-refractivity contribution < 1.29 is 12.8 Å². The minimum atomic E-state index is -3.55. The van der Waals surface area contributed by atoms with E-state index in [2.05, 4.69) is 9.71 Å². The second-order valence-electron chi connectivity index (χ2n) is 4.55. The lowest BCUT2D eigenvalue weighted by Gasteiger charge is -2.10. The molecule has 0 spiro atoms. The standard InChI is InChI=1S/C11H14N2O3S/c14-17(15,13-9-3-1-2-4-9)10-7-12-11(16-10)8-5-6-8/h1-2,7-9,13H,3-6H2. The molecule has 6 heteroatoms. The highest BCUT2D eigenvalue weighted by Crippen LogP contribution is 2.39. The summed E-state index contributed by atoms with van der Waals surface area (Å²) in [5.74, 6) is 0.877. The molecular formula is C11H14N2O3S. The van der Waals surface area contributed by atoms with Crippen molar-refractivity contribution in [2.24, 2.45) is 0 Å². The summed E-state index contributed by atoms with van der Waals surface area (Å²) in [6.45, 7) is 0. The molecule has 0 amide bonds. The highest BCUT2D eigenvalue weighted by Gasteiger charge is 2.31. The molecule has 17 heavy (non-hydrogen) atoms. The Labute approximate surface area is 100.0 Å². The Morgan fingerprint density at radius 3 is 2.65 bits per heavy atom. The molecule has 2 aliphatic rings. The molecule has 0 atom stereocenters. The summed E-state index contributed by atoms with van der Waals surface area (Å²) in [4.78, 5) is 4.02. The topological polar surface area (TPSA) is 72.2 Å². The van der Waals surface area contributed by atoms with E-state index in [9.17, 15) is 8.42 Å².